The second-order valence-electron chi connectivity index (χ2n) is 8.10. The molecule has 2 aliphatic rings. The number of amides is 1. The average molecular weight is 327 g/mol. The van der Waals surface area contributed by atoms with Crippen molar-refractivity contribution in [2.75, 3.05) is 26.3 Å². The van der Waals surface area contributed by atoms with Crippen LogP contribution in [0.15, 0.2) is 0 Å². The van der Waals surface area contributed by atoms with Gasteiger partial charge in [0.25, 0.3) is 0 Å². The average Bonchev–Trinajstić information content (AvgIpc) is 2.88. The molecule has 0 bridgehead atoms. The number of rotatable bonds is 5. The zero-order chi connectivity index (χ0) is 17.1. The second-order valence-corrected chi connectivity index (χ2v) is 8.10. The fourth-order valence-electron chi connectivity index (χ4n) is 3.83. The number of nitrogens with zero attached hydrogens (tertiary/aromatic N) is 1. The molecule has 1 atom stereocenters. The van der Waals surface area contributed by atoms with Gasteiger partial charge < -0.3 is 19.5 Å². The minimum atomic E-state index is -0.439. The maximum Gasteiger partial charge on any atom is 0.248 e. The number of hydrogen-bond donors (Lipinski definition) is 1. The Labute approximate surface area is 140 Å². The smallest absolute Gasteiger partial charge is 0.248 e. The summed E-state index contributed by atoms with van der Waals surface area (Å²) in [7, 11) is 0. The van der Waals surface area contributed by atoms with E-state index in [0.717, 1.165) is 32.1 Å². The van der Waals surface area contributed by atoms with Gasteiger partial charge in [0.2, 0.25) is 5.91 Å². The summed E-state index contributed by atoms with van der Waals surface area (Å²) in [6.07, 6.45) is 4.93. The topological polar surface area (TPSA) is 59.0 Å². The molecule has 23 heavy (non-hydrogen) atoms. The molecule has 2 fully saturated rings. The van der Waals surface area contributed by atoms with E-state index in [0.29, 0.717) is 31.0 Å². The first kappa shape index (κ1) is 18.7. The van der Waals surface area contributed by atoms with Gasteiger partial charge in [0.05, 0.1) is 6.61 Å². The minimum absolute atomic E-state index is 0.0803. The van der Waals surface area contributed by atoms with Crippen LogP contribution in [0.1, 0.15) is 59.8 Å². The van der Waals surface area contributed by atoms with Crippen molar-refractivity contribution in [1.29, 1.82) is 0 Å². The third kappa shape index (κ3) is 4.68. The molecule has 1 amide bonds. The highest BCUT2D eigenvalue weighted by atomic mass is 16.7. The Kier molecular flexibility index (Phi) is 6.09. The molecule has 5 heteroatoms. The molecule has 0 aromatic rings. The molecule has 1 aliphatic carbocycles. The predicted molar refractivity (Wildman–Crippen MR) is 88.9 cm³/mol. The van der Waals surface area contributed by atoms with Crippen LogP contribution in [0.25, 0.3) is 0 Å². The molecular weight excluding hydrogens is 294 g/mol. The number of hydrogen-bond acceptors (Lipinski definition) is 4. The highest BCUT2D eigenvalue weighted by Crippen LogP contribution is 2.45. The largest absolute Gasteiger partial charge is 0.387 e. The molecule has 134 valence electrons. The van der Waals surface area contributed by atoms with Gasteiger partial charge in [-0.3, -0.25) is 4.79 Å². The van der Waals surface area contributed by atoms with Crippen molar-refractivity contribution >= 4 is 5.91 Å². The van der Waals surface area contributed by atoms with Crippen molar-refractivity contribution in [1.82, 2.24) is 4.90 Å². The highest BCUT2D eigenvalue weighted by Gasteiger charge is 2.46. The summed E-state index contributed by atoms with van der Waals surface area (Å²) in [5.74, 6) is 0.0480. The lowest BCUT2D eigenvalue weighted by Crippen LogP contribution is -2.42. The molecular formula is C18H33NO4. The van der Waals surface area contributed by atoms with Crippen LogP contribution in [-0.2, 0) is 14.3 Å². The Balaban J connectivity index is 1.87. The van der Waals surface area contributed by atoms with Gasteiger partial charge in [0.15, 0.2) is 5.79 Å². The summed E-state index contributed by atoms with van der Waals surface area (Å²) in [6, 6.07) is 0. The van der Waals surface area contributed by atoms with Crippen LogP contribution >= 0.6 is 0 Å². The standard InChI is InChI=1S/C18H33NO4/c1-5-10-19(16(21)12-20)11-15-13-22-18(23-15)8-6-14(7-9-18)17(2,3)4/h14-15,20H,5-13H2,1-4H3. The normalized spacial score (nSPS) is 31.5. The van der Waals surface area contributed by atoms with Crippen molar-refractivity contribution < 1.29 is 19.4 Å². The lowest BCUT2D eigenvalue weighted by molar-refractivity contribution is -0.198. The predicted octanol–water partition coefficient (Wildman–Crippen LogP) is 2.57. The summed E-state index contributed by atoms with van der Waals surface area (Å²) in [6.45, 7) is 10.2. The van der Waals surface area contributed by atoms with Crippen molar-refractivity contribution in [2.24, 2.45) is 11.3 Å². The van der Waals surface area contributed by atoms with Gasteiger partial charge >= 0.3 is 0 Å². The van der Waals surface area contributed by atoms with Crippen LogP contribution in [-0.4, -0.2) is 54.1 Å². The monoisotopic (exact) mass is 327 g/mol. The molecule has 0 aromatic heterocycles. The van der Waals surface area contributed by atoms with Crippen LogP contribution in [0.2, 0.25) is 0 Å². The van der Waals surface area contributed by atoms with Gasteiger partial charge in [-0.05, 0) is 30.6 Å². The van der Waals surface area contributed by atoms with Crippen molar-refractivity contribution in [3.05, 3.63) is 0 Å². The molecule has 1 saturated heterocycles. The second kappa shape index (κ2) is 7.49. The first-order valence-electron chi connectivity index (χ1n) is 9.00. The highest BCUT2D eigenvalue weighted by molar-refractivity contribution is 5.77. The third-order valence-electron chi connectivity index (χ3n) is 5.29. The Morgan fingerprint density at radius 1 is 1.30 bits per heavy atom. The summed E-state index contributed by atoms with van der Waals surface area (Å²) >= 11 is 0. The Morgan fingerprint density at radius 2 is 1.96 bits per heavy atom. The summed E-state index contributed by atoms with van der Waals surface area (Å²) in [5.41, 5.74) is 0.338. The summed E-state index contributed by atoms with van der Waals surface area (Å²) in [5, 5.41) is 9.09. The number of aliphatic hydroxyl groups is 1. The number of carbonyl (C=O) groups is 1. The molecule has 1 spiro atoms. The Bertz CT molecular complexity index is 396. The lowest BCUT2D eigenvalue weighted by Gasteiger charge is -2.41. The first-order chi connectivity index (χ1) is 10.8. The minimum Gasteiger partial charge on any atom is -0.387 e. The molecule has 1 heterocycles. The molecule has 1 saturated carbocycles. The van der Waals surface area contributed by atoms with Gasteiger partial charge in [0.1, 0.15) is 12.7 Å². The van der Waals surface area contributed by atoms with E-state index in [1.807, 2.05) is 6.92 Å². The SMILES string of the molecule is CCCN(CC1COC2(CCC(C(C)(C)C)CC2)O1)C(=O)CO. The van der Waals surface area contributed by atoms with Crippen LogP contribution in [0.5, 0.6) is 0 Å². The first-order valence-corrected chi connectivity index (χ1v) is 9.00. The van der Waals surface area contributed by atoms with Crippen LogP contribution in [0, 0.1) is 11.3 Å². The van der Waals surface area contributed by atoms with Crippen molar-refractivity contribution in [3.8, 4) is 0 Å². The molecule has 5 nitrogen and oxygen atoms in total. The van der Waals surface area contributed by atoms with Gasteiger partial charge in [-0.25, -0.2) is 0 Å². The zero-order valence-corrected chi connectivity index (χ0v) is 15.1. The fourth-order valence-corrected chi connectivity index (χ4v) is 3.83. The van der Waals surface area contributed by atoms with Gasteiger partial charge in [-0.1, -0.05) is 27.7 Å². The van der Waals surface area contributed by atoms with E-state index in [4.69, 9.17) is 14.6 Å². The van der Waals surface area contributed by atoms with E-state index in [1.165, 1.54) is 0 Å². The lowest BCUT2D eigenvalue weighted by atomic mass is 9.71. The van der Waals surface area contributed by atoms with Gasteiger partial charge in [0, 0.05) is 25.9 Å². The fraction of sp³-hybridized carbons (Fsp3) is 0.944. The molecule has 0 aromatic carbocycles. The maximum atomic E-state index is 11.8. The van der Waals surface area contributed by atoms with E-state index in [1.54, 1.807) is 4.90 Å². The Morgan fingerprint density at radius 3 is 2.48 bits per heavy atom. The molecule has 0 radical (unpaired) electrons. The molecule has 1 unspecified atom stereocenters. The van der Waals surface area contributed by atoms with Crippen molar-refractivity contribution in [3.63, 3.8) is 0 Å². The molecule has 1 aliphatic heterocycles. The van der Waals surface area contributed by atoms with E-state index in [9.17, 15) is 4.79 Å². The number of aliphatic hydroxyl groups excluding tert-OH is 1. The summed E-state index contributed by atoms with van der Waals surface area (Å²) < 4.78 is 12.2. The quantitative estimate of drug-likeness (QED) is 0.843. The van der Waals surface area contributed by atoms with Crippen molar-refractivity contribution in [2.45, 2.75) is 71.7 Å². The van der Waals surface area contributed by atoms with E-state index >= 15 is 0 Å². The molecule has 1 N–H and O–H groups in total. The van der Waals surface area contributed by atoms with E-state index in [-0.39, 0.29) is 12.0 Å². The van der Waals surface area contributed by atoms with Crippen LogP contribution in [0.4, 0.5) is 0 Å². The van der Waals surface area contributed by atoms with Crippen LogP contribution < -0.4 is 0 Å². The Hall–Kier alpha value is -0.650. The maximum absolute atomic E-state index is 11.8. The molecule has 2 rings (SSSR count). The van der Waals surface area contributed by atoms with E-state index in [2.05, 4.69) is 20.8 Å². The zero-order valence-electron chi connectivity index (χ0n) is 15.1. The number of carbonyl (C=O) groups excluding carboxylic acids is 1. The third-order valence-corrected chi connectivity index (χ3v) is 5.29. The van der Waals surface area contributed by atoms with Gasteiger partial charge in [-0.2, -0.15) is 0 Å². The van der Waals surface area contributed by atoms with Crippen LogP contribution in [0.3, 0.4) is 0 Å². The van der Waals surface area contributed by atoms with E-state index < -0.39 is 12.4 Å². The summed E-state index contributed by atoms with van der Waals surface area (Å²) in [4.78, 5) is 13.5. The van der Waals surface area contributed by atoms with Gasteiger partial charge in [-0.15, -0.1) is 0 Å². The number of ether oxygens (including phenoxy) is 2.